The summed E-state index contributed by atoms with van der Waals surface area (Å²) in [6, 6.07) is 7.55. The van der Waals surface area contributed by atoms with E-state index in [0.717, 1.165) is 0 Å². The minimum Gasteiger partial charge on any atom is -0.398 e. The molecular weight excluding hydrogens is 230 g/mol. The van der Waals surface area contributed by atoms with E-state index in [0.29, 0.717) is 0 Å². The lowest BCUT2D eigenvalue weighted by Crippen LogP contribution is -2.16. The van der Waals surface area contributed by atoms with Crippen LogP contribution in [0.15, 0.2) is 34.3 Å². The molecule has 6 nitrogen and oxygen atoms in total. The highest BCUT2D eigenvalue weighted by Crippen LogP contribution is 2.14. The number of hydrogen-bond acceptors (Lipinski definition) is 5. The van der Waals surface area contributed by atoms with Crippen LogP contribution in [-0.2, 0) is 14.9 Å². The molecular formula is C9H9N3O3S. The highest BCUT2D eigenvalue weighted by atomic mass is 32.2. The maximum absolute atomic E-state index is 11.3. The Labute approximate surface area is 93.0 Å². The Bertz CT molecular complexity index is 558. The fourth-order valence-corrected chi connectivity index (χ4v) is 1.87. The van der Waals surface area contributed by atoms with Crippen LogP contribution in [0.3, 0.4) is 0 Å². The minimum absolute atomic E-state index is 0.120. The van der Waals surface area contributed by atoms with Crippen molar-refractivity contribution >= 4 is 15.7 Å². The van der Waals surface area contributed by atoms with Gasteiger partial charge in [-0.05, 0) is 6.07 Å². The number of benzene rings is 1. The normalized spacial score (nSPS) is 11.9. The largest absolute Gasteiger partial charge is 0.398 e. The lowest BCUT2D eigenvalue weighted by atomic mass is 10.1. The van der Waals surface area contributed by atoms with Crippen LogP contribution in [0.1, 0.15) is 5.56 Å². The molecule has 16 heavy (non-hydrogen) atoms. The molecule has 7 heteroatoms. The number of hydrogen-bond donors (Lipinski definition) is 1. The van der Waals surface area contributed by atoms with Crippen molar-refractivity contribution in [2.75, 3.05) is 7.11 Å². The Morgan fingerprint density at radius 2 is 2.12 bits per heavy atom. The standard InChI is InChI=1S/C9H9N3O3S/c1-15-12-8(6-10)7-4-2-3-5-9(7)16(11,13)14/h2-5H,1H3,(H2,11,13,14). The van der Waals surface area contributed by atoms with E-state index in [2.05, 4.69) is 9.99 Å². The maximum atomic E-state index is 11.3. The molecule has 0 unspecified atom stereocenters. The Balaban J connectivity index is 3.47. The molecule has 0 bridgehead atoms. The van der Waals surface area contributed by atoms with Gasteiger partial charge in [0.1, 0.15) is 13.2 Å². The van der Waals surface area contributed by atoms with Gasteiger partial charge in [-0.2, -0.15) is 5.26 Å². The summed E-state index contributed by atoms with van der Waals surface area (Å²) in [6.45, 7) is 0. The molecule has 84 valence electrons. The molecule has 0 amide bonds. The quantitative estimate of drug-likeness (QED) is 0.601. The van der Waals surface area contributed by atoms with Gasteiger partial charge in [-0.1, -0.05) is 23.4 Å². The van der Waals surface area contributed by atoms with Gasteiger partial charge in [0.25, 0.3) is 0 Å². The Morgan fingerprint density at radius 3 is 2.62 bits per heavy atom. The van der Waals surface area contributed by atoms with E-state index in [1.165, 1.54) is 25.3 Å². The van der Waals surface area contributed by atoms with Crippen LogP contribution in [-0.4, -0.2) is 21.2 Å². The van der Waals surface area contributed by atoms with Crippen LogP contribution in [0.25, 0.3) is 0 Å². The lowest BCUT2D eigenvalue weighted by molar-refractivity contribution is 0.214. The van der Waals surface area contributed by atoms with Gasteiger partial charge in [0, 0.05) is 5.56 Å². The minimum atomic E-state index is -3.89. The van der Waals surface area contributed by atoms with Crippen molar-refractivity contribution in [1.29, 1.82) is 5.26 Å². The Morgan fingerprint density at radius 1 is 1.50 bits per heavy atom. The second-order valence-corrected chi connectivity index (χ2v) is 4.31. The molecule has 0 aliphatic carbocycles. The number of nitriles is 1. The third-order valence-corrected chi connectivity index (χ3v) is 2.71. The highest BCUT2D eigenvalue weighted by molar-refractivity contribution is 7.89. The number of sulfonamides is 1. The molecule has 0 aromatic heterocycles. The van der Waals surface area contributed by atoms with Crippen LogP contribution in [0.5, 0.6) is 0 Å². The van der Waals surface area contributed by atoms with E-state index >= 15 is 0 Å². The zero-order valence-corrected chi connectivity index (χ0v) is 9.23. The van der Waals surface area contributed by atoms with Crippen LogP contribution < -0.4 is 5.14 Å². The summed E-state index contributed by atoms with van der Waals surface area (Å²) in [7, 11) is -2.63. The van der Waals surface area contributed by atoms with Gasteiger partial charge in [-0.3, -0.25) is 0 Å². The van der Waals surface area contributed by atoms with Gasteiger partial charge < -0.3 is 4.84 Å². The monoisotopic (exact) mass is 239 g/mol. The molecule has 2 N–H and O–H groups in total. The lowest BCUT2D eigenvalue weighted by Gasteiger charge is -2.04. The van der Waals surface area contributed by atoms with Gasteiger partial charge in [-0.15, -0.1) is 0 Å². The molecule has 0 spiro atoms. The summed E-state index contributed by atoms with van der Waals surface area (Å²) in [6.07, 6.45) is 0. The van der Waals surface area contributed by atoms with Crippen molar-refractivity contribution in [3.63, 3.8) is 0 Å². The van der Waals surface area contributed by atoms with Gasteiger partial charge in [0.2, 0.25) is 10.0 Å². The second kappa shape index (κ2) is 4.74. The number of rotatable bonds is 3. The molecule has 0 atom stereocenters. The average Bonchev–Trinajstić information content (AvgIpc) is 2.25. The predicted molar refractivity (Wildman–Crippen MR) is 57.0 cm³/mol. The van der Waals surface area contributed by atoms with Crippen molar-refractivity contribution in [1.82, 2.24) is 0 Å². The molecule has 0 radical (unpaired) electrons. The predicted octanol–water partition coefficient (Wildman–Crippen LogP) is 0.208. The van der Waals surface area contributed by atoms with E-state index in [1.807, 2.05) is 0 Å². The van der Waals surface area contributed by atoms with Gasteiger partial charge in [-0.25, -0.2) is 13.6 Å². The smallest absolute Gasteiger partial charge is 0.238 e. The fourth-order valence-electron chi connectivity index (χ4n) is 1.13. The van der Waals surface area contributed by atoms with E-state index < -0.39 is 10.0 Å². The van der Waals surface area contributed by atoms with Gasteiger partial charge >= 0.3 is 0 Å². The van der Waals surface area contributed by atoms with Crippen LogP contribution in [0.4, 0.5) is 0 Å². The number of nitrogens with zero attached hydrogens (tertiary/aromatic N) is 2. The van der Waals surface area contributed by atoms with E-state index in [4.69, 9.17) is 10.4 Å². The van der Waals surface area contributed by atoms with Crippen LogP contribution >= 0.6 is 0 Å². The molecule has 0 fully saturated rings. The molecule has 0 heterocycles. The molecule has 0 aliphatic heterocycles. The summed E-state index contributed by atoms with van der Waals surface area (Å²) in [5, 5.41) is 17.2. The Kier molecular flexibility index (Phi) is 3.60. The SMILES string of the molecule is CON=C(C#N)c1ccccc1S(N)(=O)=O. The van der Waals surface area contributed by atoms with Crippen molar-refractivity contribution < 1.29 is 13.3 Å². The van der Waals surface area contributed by atoms with Crippen LogP contribution in [0.2, 0.25) is 0 Å². The summed E-state index contributed by atoms with van der Waals surface area (Å²) < 4.78 is 22.5. The third kappa shape index (κ3) is 2.56. The summed E-state index contributed by atoms with van der Waals surface area (Å²) >= 11 is 0. The van der Waals surface area contributed by atoms with Gasteiger partial charge in [0.15, 0.2) is 5.71 Å². The van der Waals surface area contributed by atoms with Gasteiger partial charge in [0.05, 0.1) is 4.90 Å². The number of oxime groups is 1. The zero-order valence-electron chi connectivity index (χ0n) is 8.41. The van der Waals surface area contributed by atoms with E-state index in [9.17, 15) is 8.42 Å². The molecule has 1 rings (SSSR count). The Hall–Kier alpha value is -1.91. The molecule has 0 aliphatic rings. The molecule has 1 aromatic carbocycles. The summed E-state index contributed by atoms with van der Waals surface area (Å²) in [5.74, 6) is 0. The topological polar surface area (TPSA) is 106 Å². The first-order valence-electron chi connectivity index (χ1n) is 4.14. The number of primary sulfonamides is 1. The van der Waals surface area contributed by atoms with Crippen molar-refractivity contribution in [3.05, 3.63) is 29.8 Å². The fraction of sp³-hybridized carbons (Fsp3) is 0.111. The second-order valence-electron chi connectivity index (χ2n) is 2.78. The van der Waals surface area contributed by atoms with E-state index in [-0.39, 0.29) is 16.2 Å². The third-order valence-electron chi connectivity index (χ3n) is 1.74. The number of nitrogens with two attached hydrogens (primary N) is 1. The summed E-state index contributed by atoms with van der Waals surface area (Å²) in [4.78, 5) is 4.29. The van der Waals surface area contributed by atoms with Crippen molar-refractivity contribution in [2.24, 2.45) is 10.3 Å². The first kappa shape index (κ1) is 12.2. The highest BCUT2D eigenvalue weighted by Gasteiger charge is 2.17. The molecule has 1 aromatic rings. The summed E-state index contributed by atoms with van der Waals surface area (Å²) in [5.41, 5.74) is -0.0264. The maximum Gasteiger partial charge on any atom is 0.238 e. The van der Waals surface area contributed by atoms with E-state index in [1.54, 1.807) is 12.1 Å². The first-order valence-corrected chi connectivity index (χ1v) is 5.68. The van der Waals surface area contributed by atoms with Crippen LogP contribution in [0, 0.1) is 11.3 Å². The first-order chi connectivity index (χ1) is 7.50. The average molecular weight is 239 g/mol. The molecule has 0 saturated carbocycles. The van der Waals surface area contributed by atoms with Crippen molar-refractivity contribution in [2.45, 2.75) is 4.90 Å². The van der Waals surface area contributed by atoms with Crippen molar-refractivity contribution in [3.8, 4) is 6.07 Å². The molecule has 0 saturated heterocycles. The zero-order chi connectivity index (χ0) is 12.2.